The molecule has 0 spiro atoms. The third-order valence-corrected chi connectivity index (χ3v) is 5.30. The molecule has 2 N–H and O–H groups in total. The molecule has 2 atom stereocenters. The summed E-state index contributed by atoms with van der Waals surface area (Å²) in [5, 5.41) is 5.33. The fraction of sp³-hybridized carbons (Fsp3) is 0.348. The summed E-state index contributed by atoms with van der Waals surface area (Å²) in [7, 11) is 3.99. The van der Waals surface area contributed by atoms with E-state index in [1.54, 1.807) is 12.1 Å². The Morgan fingerprint density at radius 3 is 2.31 bits per heavy atom. The predicted molar refractivity (Wildman–Crippen MR) is 111 cm³/mol. The van der Waals surface area contributed by atoms with Crippen LogP contribution in [0.15, 0.2) is 48.5 Å². The van der Waals surface area contributed by atoms with Crippen LogP contribution in [-0.4, -0.2) is 43.3 Å². The lowest BCUT2D eigenvalue weighted by Gasteiger charge is -2.25. The minimum absolute atomic E-state index is 0.0808. The molecule has 1 aliphatic heterocycles. The van der Waals surface area contributed by atoms with Crippen LogP contribution in [0.4, 0.5) is 0 Å². The molecule has 3 amide bonds. The molecule has 0 bridgehead atoms. The Balaban J connectivity index is 1.59. The standard InChI is InChI=1S/C23H27N3O3/c1-15-4-8-17(9-5-15)20(26(2)3)14-24-22(28)18-10-6-16(7-11-18)12-19-13-21(27)25-23(19)29/h4-11,19-20H,12-14H2,1-3H3,(H,24,28)(H,25,27,29). The smallest absolute Gasteiger partial charge is 0.251 e. The number of nitrogens with one attached hydrogen (secondary N) is 2. The number of amides is 3. The molecule has 29 heavy (non-hydrogen) atoms. The molecule has 6 heteroatoms. The largest absolute Gasteiger partial charge is 0.350 e. The van der Waals surface area contributed by atoms with E-state index in [0.29, 0.717) is 18.5 Å². The van der Waals surface area contributed by atoms with Gasteiger partial charge in [0.15, 0.2) is 0 Å². The first-order chi connectivity index (χ1) is 13.8. The van der Waals surface area contributed by atoms with E-state index < -0.39 is 0 Å². The van der Waals surface area contributed by atoms with Gasteiger partial charge in [0.05, 0.1) is 12.0 Å². The molecular weight excluding hydrogens is 366 g/mol. The van der Waals surface area contributed by atoms with Gasteiger partial charge in [0.1, 0.15) is 0 Å². The van der Waals surface area contributed by atoms with Crippen molar-refractivity contribution in [1.29, 1.82) is 0 Å². The van der Waals surface area contributed by atoms with Crippen LogP contribution in [0.1, 0.15) is 39.5 Å². The molecule has 152 valence electrons. The summed E-state index contributed by atoms with van der Waals surface area (Å²) in [5.74, 6) is -0.899. The maximum Gasteiger partial charge on any atom is 0.251 e. The fourth-order valence-corrected chi connectivity index (χ4v) is 3.53. The maximum atomic E-state index is 12.6. The zero-order chi connectivity index (χ0) is 21.0. The van der Waals surface area contributed by atoms with Gasteiger partial charge in [-0.1, -0.05) is 42.0 Å². The van der Waals surface area contributed by atoms with E-state index in [1.165, 1.54) is 5.56 Å². The second kappa shape index (κ2) is 9.01. The molecule has 2 aromatic rings. The number of rotatable bonds is 7. The topological polar surface area (TPSA) is 78.5 Å². The van der Waals surface area contributed by atoms with Crippen molar-refractivity contribution in [3.63, 3.8) is 0 Å². The van der Waals surface area contributed by atoms with E-state index in [4.69, 9.17) is 0 Å². The van der Waals surface area contributed by atoms with E-state index in [1.807, 2.05) is 26.2 Å². The second-order valence-electron chi connectivity index (χ2n) is 7.81. The van der Waals surface area contributed by atoms with Gasteiger partial charge >= 0.3 is 0 Å². The van der Waals surface area contributed by atoms with Crippen LogP contribution in [-0.2, 0) is 16.0 Å². The van der Waals surface area contributed by atoms with E-state index in [-0.39, 0.29) is 36.1 Å². The van der Waals surface area contributed by atoms with Gasteiger partial charge in [0, 0.05) is 18.5 Å². The fourth-order valence-electron chi connectivity index (χ4n) is 3.53. The Kier molecular flexibility index (Phi) is 6.44. The highest BCUT2D eigenvalue weighted by atomic mass is 16.2. The normalized spacial score (nSPS) is 17.3. The molecule has 0 radical (unpaired) electrons. The Labute approximate surface area is 171 Å². The van der Waals surface area contributed by atoms with Crippen molar-refractivity contribution < 1.29 is 14.4 Å². The van der Waals surface area contributed by atoms with Crippen LogP contribution in [0.25, 0.3) is 0 Å². The van der Waals surface area contributed by atoms with Crippen molar-refractivity contribution in [3.05, 3.63) is 70.8 Å². The second-order valence-corrected chi connectivity index (χ2v) is 7.81. The van der Waals surface area contributed by atoms with Crippen molar-refractivity contribution in [2.45, 2.75) is 25.8 Å². The van der Waals surface area contributed by atoms with Gasteiger partial charge in [-0.15, -0.1) is 0 Å². The summed E-state index contributed by atoms with van der Waals surface area (Å²) in [6.07, 6.45) is 0.724. The van der Waals surface area contributed by atoms with E-state index >= 15 is 0 Å². The number of benzene rings is 2. The molecule has 0 aromatic heterocycles. The van der Waals surface area contributed by atoms with Gasteiger partial charge in [-0.3, -0.25) is 19.7 Å². The van der Waals surface area contributed by atoms with Crippen LogP contribution in [0, 0.1) is 12.8 Å². The number of likely N-dealkylation sites (N-methyl/N-ethyl adjacent to an activating group) is 1. The van der Waals surface area contributed by atoms with Gasteiger partial charge in [0.2, 0.25) is 11.8 Å². The summed E-state index contributed by atoms with van der Waals surface area (Å²) in [5.41, 5.74) is 3.86. The SMILES string of the molecule is Cc1ccc(C(CNC(=O)c2ccc(CC3CC(=O)NC3=O)cc2)N(C)C)cc1. The van der Waals surface area contributed by atoms with Gasteiger partial charge in [-0.2, -0.15) is 0 Å². The van der Waals surface area contributed by atoms with Crippen molar-refractivity contribution >= 4 is 17.7 Å². The number of carbonyl (C=O) groups excluding carboxylic acids is 3. The van der Waals surface area contributed by atoms with Crippen molar-refractivity contribution in [2.75, 3.05) is 20.6 Å². The lowest BCUT2D eigenvalue weighted by molar-refractivity contribution is -0.125. The summed E-state index contributed by atoms with van der Waals surface area (Å²) in [6, 6.07) is 15.6. The first-order valence-corrected chi connectivity index (χ1v) is 9.77. The van der Waals surface area contributed by atoms with Gasteiger partial charge in [-0.05, 0) is 50.7 Å². The van der Waals surface area contributed by atoms with Gasteiger partial charge in [0.25, 0.3) is 5.91 Å². The molecule has 0 aliphatic carbocycles. The van der Waals surface area contributed by atoms with Crippen molar-refractivity contribution in [2.24, 2.45) is 5.92 Å². The molecule has 1 fully saturated rings. The van der Waals surface area contributed by atoms with Crippen molar-refractivity contribution in [1.82, 2.24) is 15.5 Å². The average molecular weight is 393 g/mol. The molecule has 1 heterocycles. The molecule has 1 saturated heterocycles. The Bertz CT molecular complexity index is 889. The third kappa shape index (κ3) is 5.29. The number of carbonyl (C=O) groups is 3. The lowest BCUT2D eigenvalue weighted by Crippen LogP contribution is -2.34. The molecule has 3 rings (SSSR count). The summed E-state index contributed by atoms with van der Waals surface area (Å²) in [6.45, 7) is 2.55. The molecule has 2 unspecified atom stereocenters. The highest BCUT2D eigenvalue weighted by Gasteiger charge is 2.30. The quantitative estimate of drug-likeness (QED) is 0.707. The number of hydrogen-bond acceptors (Lipinski definition) is 4. The first-order valence-electron chi connectivity index (χ1n) is 9.77. The van der Waals surface area contributed by atoms with E-state index in [9.17, 15) is 14.4 Å². The van der Waals surface area contributed by atoms with Crippen LogP contribution < -0.4 is 10.6 Å². The minimum atomic E-state index is -0.322. The lowest BCUT2D eigenvalue weighted by atomic mass is 9.97. The van der Waals surface area contributed by atoms with Crippen LogP contribution in [0.2, 0.25) is 0 Å². The van der Waals surface area contributed by atoms with Crippen LogP contribution >= 0.6 is 0 Å². The maximum absolute atomic E-state index is 12.6. The number of hydrogen-bond donors (Lipinski definition) is 2. The van der Waals surface area contributed by atoms with Gasteiger partial charge < -0.3 is 10.2 Å². The third-order valence-electron chi connectivity index (χ3n) is 5.30. The van der Waals surface area contributed by atoms with Crippen molar-refractivity contribution in [3.8, 4) is 0 Å². The molecule has 1 aliphatic rings. The highest BCUT2D eigenvalue weighted by molar-refractivity contribution is 6.03. The molecule has 0 saturated carbocycles. The Hall–Kier alpha value is -2.99. The monoisotopic (exact) mass is 393 g/mol. The minimum Gasteiger partial charge on any atom is -0.350 e. The van der Waals surface area contributed by atoms with Crippen LogP contribution in [0.3, 0.4) is 0 Å². The molecule has 6 nitrogen and oxygen atoms in total. The number of aryl methyl sites for hydroxylation is 1. The number of nitrogens with zero attached hydrogens (tertiary/aromatic N) is 1. The van der Waals surface area contributed by atoms with Crippen LogP contribution in [0.5, 0.6) is 0 Å². The van der Waals surface area contributed by atoms with E-state index in [2.05, 4.69) is 46.7 Å². The zero-order valence-corrected chi connectivity index (χ0v) is 17.1. The Morgan fingerprint density at radius 1 is 1.10 bits per heavy atom. The predicted octanol–water partition coefficient (Wildman–Crippen LogP) is 2.23. The highest BCUT2D eigenvalue weighted by Crippen LogP contribution is 2.19. The first kappa shape index (κ1) is 20.7. The summed E-state index contributed by atoms with van der Waals surface area (Å²) < 4.78 is 0. The molecular formula is C23H27N3O3. The number of imide groups is 1. The molecule has 2 aromatic carbocycles. The summed E-state index contributed by atoms with van der Waals surface area (Å²) in [4.78, 5) is 37.7. The van der Waals surface area contributed by atoms with E-state index in [0.717, 1.165) is 11.1 Å². The van der Waals surface area contributed by atoms with Gasteiger partial charge in [-0.25, -0.2) is 0 Å². The summed E-state index contributed by atoms with van der Waals surface area (Å²) >= 11 is 0. The Morgan fingerprint density at radius 2 is 1.76 bits per heavy atom. The zero-order valence-electron chi connectivity index (χ0n) is 17.1. The average Bonchev–Trinajstić information content (AvgIpc) is 3.00.